The molecule has 31 heavy (non-hydrogen) atoms. The lowest BCUT2D eigenvalue weighted by molar-refractivity contribution is 0.0206. The van der Waals surface area contributed by atoms with Crippen molar-refractivity contribution in [3.05, 3.63) is 59.1 Å². The number of rotatable bonds is 4. The zero-order valence-electron chi connectivity index (χ0n) is 18.3. The van der Waals surface area contributed by atoms with E-state index in [1.54, 1.807) is 4.90 Å². The quantitative estimate of drug-likeness (QED) is 0.577. The Morgan fingerprint density at radius 3 is 2.68 bits per heavy atom. The van der Waals surface area contributed by atoms with E-state index >= 15 is 0 Å². The van der Waals surface area contributed by atoms with Gasteiger partial charge in [-0.25, -0.2) is 9.78 Å². The maximum atomic E-state index is 12.5. The third kappa shape index (κ3) is 5.31. The normalized spacial score (nSPS) is 17.0. The third-order valence-corrected chi connectivity index (χ3v) is 5.57. The van der Waals surface area contributed by atoms with Gasteiger partial charge in [-0.1, -0.05) is 35.9 Å². The van der Waals surface area contributed by atoms with Crippen LogP contribution in [0.3, 0.4) is 0 Å². The molecular formula is C24H29ClN4O2. The van der Waals surface area contributed by atoms with Gasteiger partial charge in [-0.3, -0.25) is 0 Å². The lowest BCUT2D eigenvalue weighted by atomic mass is 10.1. The number of carbonyl (C=O) groups is 1. The number of nitrogens with one attached hydrogen (secondary N) is 1. The molecule has 6 nitrogen and oxygen atoms in total. The molecule has 164 valence electrons. The summed E-state index contributed by atoms with van der Waals surface area (Å²) in [5, 5.41) is 4.32. The fraction of sp³-hybridized carbons (Fsp3) is 0.417. The van der Waals surface area contributed by atoms with E-state index in [9.17, 15) is 4.79 Å². The molecule has 0 bridgehead atoms. The number of fused-ring (bicyclic) bond motifs is 1. The minimum absolute atomic E-state index is 0.113. The van der Waals surface area contributed by atoms with E-state index in [-0.39, 0.29) is 12.1 Å². The molecule has 1 aromatic heterocycles. The maximum Gasteiger partial charge on any atom is 0.410 e. The Morgan fingerprint density at radius 2 is 1.94 bits per heavy atom. The zero-order valence-corrected chi connectivity index (χ0v) is 19.0. The molecule has 0 unspecified atom stereocenters. The van der Waals surface area contributed by atoms with Crippen LogP contribution in [0.1, 0.15) is 39.2 Å². The van der Waals surface area contributed by atoms with E-state index < -0.39 is 5.60 Å². The van der Waals surface area contributed by atoms with Gasteiger partial charge < -0.3 is 19.5 Å². The molecule has 2 aromatic carbocycles. The van der Waals surface area contributed by atoms with Gasteiger partial charge >= 0.3 is 6.09 Å². The number of benzene rings is 2. The second kappa shape index (κ2) is 8.79. The third-order valence-electron chi connectivity index (χ3n) is 5.31. The molecule has 1 atom stereocenters. The minimum atomic E-state index is -0.496. The van der Waals surface area contributed by atoms with Crippen molar-refractivity contribution in [3.63, 3.8) is 0 Å². The summed E-state index contributed by atoms with van der Waals surface area (Å²) >= 11 is 6.05. The summed E-state index contributed by atoms with van der Waals surface area (Å²) in [6, 6.07) is 16.1. The van der Waals surface area contributed by atoms with Crippen LogP contribution in [0.4, 0.5) is 10.7 Å². The first-order chi connectivity index (χ1) is 14.8. The maximum absolute atomic E-state index is 12.5. The van der Waals surface area contributed by atoms with Crippen molar-refractivity contribution in [3.8, 4) is 0 Å². The van der Waals surface area contributed by atoms with Gasteiger partial charge in [-0.15, -0.1) is 0 Å². The van der Waals surface area contributed by atoms with Crippen LogP contribution in [0, 0.1) is 0 Å². The monoisotopic (exact) mass is 440 g/mol. The van der Waals surface area contributed by atoms with Crippen molar-refractivity contribution >= 4 is 34.7 Å². The summed E-state index contributed by atoms with van der Waals surface area (Å²) in [6.07, 6.45) is 1.64. The number of aromatic nitrogens is 2. The molecule has 1 N–H and O–H groups in total. The van der Waals surface area contributed by atoms with Gasteiger partial charge in [0.2, 0.25) is 5.95 Å². The van der Waals surface area contributed by atoms with E-state index in [4.69, 9.17) is 21.3 Å². The standard InChI is InChI=1S/C24H29ClN4O2/c1-24(2,3)31-23(30)28-14-6-7-19(16-28)26-22-27-20-8-4-5-9-21(20)29(22)15-17-10-12-18(25)13-11-17/h4-5,8-13,19H,6-7,14-16H2,1-3H3,(H,26,27)/t19-/m1/s1. The van der Waals surface area contributed by atoms with Crippen molar-refractivity contribution in [2.45, 2.75) is 51.8 Å². The highest BCUT2D eigenvalue weighted by Crippen LogP contribution is 2.24. The van der Waals surface area contributed by atoms with Gasteiger partial charge in [0, 0.05) is 24.2 Å². The van der Waals surface area contributed by atoms with Gasteiger partial charge in [-0.2, -0.15) is 0 Å². The van der Waals surface area contributed by atoms with E-state index in [0.717, 1.165) is 40.4 Å². The highest BCUT2D eigenvalue weighted by molar-refractivity contribution is 6.30. The van der Waals surface area contributed by atoms with Crippen LogP contribution in [-0.4, -0.2) is 45.3 Å². The van der Waals surface area contributed by atoms with Gasteiger partial charge in [0.05, 0.1) is 17.6 Å². The fourth-order valence-corrected chi connectivity index (χ4v) is 4.01. The van der Waals surface area contributed by atoms with E-state index in [0.29, 0.717) is 19.6 Å². The number of anilines is 1. The number of hydrogen-bond acceptors (Lipinski definition) is 4. The molecule has 1 amide bonds. The van der Waals surface area contributed by atoms with Gasteiger partial charge in [0.15, 0.2) is 0 Å². The van der Waals surface area contributed by atoms with Crippen LogP contribution in [0.2, 0.25) is 5.02 Å². The summed E-state index contributed by atoms with van der Waals surface area (Å²) in [6.45, 7) is 7.67. The largest absolute Gasteiger partial charge is 0.444 e. The molecule has 7 heteroatoms. The van der Waals surface area contributed by atoms with Crippen molar-refractivity contribution < 1.29 is 9.53 Å². The Bertz CT molecular complexity index is 1060. The smallest absolute Gasteiger partial charge is 0.410 e. The molecule has 0 saturated carbocycles. The number of nitrogens with zero attached hydrogens (tertiary/aromatic N) is 3. The summed E-state index contributed by atoms with van der Waals surface area (Å²) < 4.78 is 7.75. The SMILES string of the molecule is CC(C)(C)OC(=O)N1CCC[C@@H](Nc2nc3ccccc3n2Cc2ccc(Cl)cc2)C1. The number of likely N-dealkylation sites (tertiary alicyclic amines) is 1. The van der Waals surface area contributed by atoms with Crippen LogP contribution >= 0.6 is 11.6 Å². The highest BCUT2D eigenvalue weighted by atomic mass is 35.5. The first kappa shape index (κ1) is 21.5. The predicted octanol–water partition coefficient (Wildman–Crippen LogP) is 5.55. The minimum Gasteiger partial charge on any atom is -0.444 e. The molecule has 0 radical (unpaired) electrons. The van der Waals surface area contributed by atoms with Crippen molar-refractivity contribution in [1.82, 2.24) is 14.5 Å². The Balaban J connectivity index is 1.55. The first-order valence-corrected chi connectivity index (χ1v) is 11.1. The number of halogens is 1. The lowest BCUT2D eigenvalue weighted by Gasteiger charge is -2.34. The van der Waals surface area contributed by atoms with Gasteiger partial charge in [-0.05, 0) is 63.4 Å². The van der Waals surface area contributed by atoms with E-state index in [1.807, 2.05) is 63.2 Å². The molecule has 0 spiro atoms. The number of amides is 1. The van der Waals surface area contributed by atoms with Crippen LogP contribution in [-0.2, 0) is 11.3 Å². The molecular weight excluding hydrogens is 412 g/mol. The van der Waals surface area contributed by atoms with E-state index in [1.165, 1.54) is 0 Å². The molecule has 0 aliphatic carbocycles. The highest BCUT2D eigenvalue weighted by Gasteiger charge is 2.28. The summed E-state index contributed by atoms with van der Waals surface area (Å²) in [7, 11) is 0. The average Bonchev–Trinajstić information content (AvgIpc) is 3.06. The molecule has 3 aromatic rings. The molecule has 2 heterocycles. The molecule has 1 aliphatic rings. The topological polar surface area (TPSA) is 59.4 Å². The fourth-order valence-electron chi connectivity index (χ4n) is 3.89. The van der Waals surface area contributed by atoms with Crippen LogP contribution in [0.5, 0.6) is 0 Å². The van der Waals surface area contributed by atoms with Gasteiger partial charge in [0.1, 0.15) is 5.60 Å². The number of carbonyl (C=O) groups excluding carboxylic acids is 1. The van der Waals surface area contributed by atoms with E-state index in [2.05, 4.69) is 16.0 Å². The van der Waals surface area contributed by atoms with Crippen molar-refractivity contribution in [2.75, 3.05) is 18.4 Å². The zero-order chi connectivity index (χ0) is 22.0. The van der Waals surface area contributed by atoms with Crippen LogP contribution < -0.4 is 5.32 Å². The van der Waals surface area contributed by atoms with Crippen LogP contribution in [0.25, 0.3) is 11.0 Å². The summed E-state index contributed by atoms with van der Waals surface area (Å²) in [5.74, 6) is 0.812. The first-order valence-electron chi connectivity index (χ1n) is 10.7. The molecule has 1 fully saturated rings. The Morgan fingerprint density at radius 1 is 1.19 bits per heavy atom. The second-order valence-corrected chi connectivity index (χ2v) is 9.48. The van der Waals surface area contributed by atoms with Crippen LogP contribution in [0.15, 0.2) is 48.5 Å². The number of hydrogen-bond donors (Lipinski definition) is 1. The number of para-hydroxylation sites is 2. The number of ether oxygens (including phenoxy) is 1. The predicted molar refractivity (Wildman–Crippen MR) is 125 cm³/mol. The summed E-state index contributed by atoms with van der Waals surface area (Å²) in [5.41, 5.74) is 2.66. The van der Waals surface area contributed by atoms with Crippen molar-refractivity contribution in [2.24, 2.45) is 0 Å². The summed E-state index contributed by atoms with van der Waals surface area (Å²) in [4.78, 5) is 19.2. The second-order valence-electron chi connectivity index (χ2n) is 9.05. The number of piperidine rings is 1. The average molecular weight is 441 g/mol. The Labute approximate surface area is 188 Å². The number of imidazole rings is 1. The Hall–Kier alpha value is -2.73. The lowest BCUT2D eigenvalue weighted by Crippen LogP contribution is -2.47. The molecule has 1 saturated heterocycles. The Kier molecular flexibility index (Phi) is 6.10. The van der Waals surface area contributed by atoms with Crippen molar-refractivity contribution in [1.29, 1.82) is 0 Å². The molecule has 1 aliphatic heterocycles. The van der Waals surface area contributed by atoms with Gasteiger partial charge in [0.25, 0.3) is 0 Å². The molecule has 4 rings (SSSR count).